The summed E-state index contributed by atoms with van der Waals surface area (Å²) in [6.45, 7) is 2.42. The summed E-state index contributed by atoms with van der Waals surface area (Å²) in [6, 6.07) is 28.4. The average molecular weight is 614 g/mol. The zero-order valence-electron chi connectivity index (χ0n) is 24.4. The van der Waals surface area contributed by atoms with Gasteiger partial charge in [-0.05, 0) is 66.3 Å². The molecule has 1 aliphatic carbocycles. The largest absolute Gasteiger partial charge is 0.367 e. The molecule has 1 aliphatic heterocycles. The molecule has 0 spiro atoms. The highest BCUT2D eigenvalue weighted by atomic mass is 32.2. The molecule has 8 nitrogen and oxygen atoms in total. The van der Waals surface area contributed by atoms with Gasteiger partial charge in [0.2, 0.25) is 10.0 Å². The number of aryl methyl sites for hydroxylation is 1. The monoisotopic (exact) mass is 613 g/mol. The summed E-state index contributed by atoms with van der Waals surface area (Å²) in [7, 11) is -4.01. The van der Waals surface area contributed by atoms with Crippen molar-refractivity contribution >= 4 is 33.1 Å². The van der Waals surface area contributed by atoms with Crippen LogP contribution in [0.3, 0.4) is 0 Å². The number of benzene rings is 4. The molecule has 228 valence electrons. The smallest absolute Gasteiger partial charge is 0.319 e. The fourth-order valence-electron chi connectivity index (χ4n) is 6.05. The van der Waals surface area contributed by atoms with Gasteiger partial charge in [0.25, 0.3) is 0 Å². The normalized spacial score (nSPS) is 16.7. The molecule has 0 unspecified atom stereocenters. The molecule has 0 bridgehead atoms. The molecule has 1 saturated heterocycles. The van der Waals surface area contributed by atoms with Gasteiger partial charge >= 0.3 is 6.03 Å². The van der Waals surface area contributed by atoms with Gasteiger partial charge in [-0.3, -0.25) is 0 Å². The third-order valence-corrected chi connectivity index (χ3v) is 9.78. The minimum Gasteiger partial charge on any atom is -0.367 e. The summed E-state index contributed by atoms with van der Waals surface area (Å²) in [5.41, 5.74) is 4.56. The summed E-state index contributed by atoms with van der Waals surface area (Å²) in [5, 5.41) is 5.62. The van der Waals surface area contributed by atoms with Crippen LogP contribution in [-0.2, 0) is 23.0 Å². The van der Waals surface area contributed by atoms with E-state index in [-0.39, 0.29) is 16.8 Å². The van der Waals surface area contributed by atoms with E-state index in [1.807, 2.05) is 64.4 Å². The molecule has 10 heteroatoms. The summed E-state index contributed by atoms with van der Waals surface area (Å²) in [5.74, 6) is -0.276. The number of hydrogen-bond acceptors (Lipinski definition) is 5. The molecule has 44 heavy (non-hydrogen) atoms. The fraction of sp³-hybridized carbons (Fsp3) is 0.265. The number of carbonyl (C=O) groups is 1. The van der Waals surface area contributed by atoms with Crippen LogP contribution >= 0.6 is 0 Å². The van der Waals surface area contributed by atoms with Gasteiger partial charge in [-0.15, -0.1) is 0 Å². The molecule has 0 aromatic heterocycles. The lowest BCUT2D eigenvalue weighted by molar-refractivity contribution is 0.251. The minimum absolute atomic E-state index is 0.0979. The van der Waals surface area contributed by atoms with E-state index >= 15 is 0 Å². The maximum absolute atomic E-state index is 14.5. The van der Waals surface area contributed by atoms with E-state index in [0.717, 1.165) is 29.5 Å². The lowest BCUT2D eigenvalue weighted by Gasteiger charge is -2.38. The second-order valence-corrected chi connectivity index (χ2v) is 12.8. The van der Waals surface area contributed by atoms with Gasteiger partial charge in [-0.2, -0.15) is 0 Å². The van der Waals surface area contributed by atoms with Crippen molar-refractivity contribution in [3.63, 3.8) is 0 Å². The van der Waals surface area contributed by atoms with Crippen molar-refractivity contribution in [1.29, 1.82) is 0 Å². The van der Waals surface area contributed by atoms with Crippen LogP contribution in [0.2, 0.25) is 0 Å². The number of halogens is 1. The summed E-state index contributed by atoms with van der Waals surface area (Å²) >= 11 is 0. The first-order valence-electron chi connectivity index (χ1n) is 14.9. The first-order chi connectivity index (χ1) is 21.4. The number of para-hydroxylation sites is 1. The number of carbonyl (C=O) groups excluding carboxylic acids is 1. The number of amides is 2. The van der Waals surface area contributed by atoms with Crippen molar-refractivity contribution in [1.82, 2.24) is 10.0 Å². The van der Waals surface area contributed by atoms with Gasteiger partial charge in [0.1, 0.15) is 10.7 Å². The molecule has 0 saturated carbocycles. The first kappa shape index (κ1) is 29.7. The average Bonchev–Trinajstić information content (AvgIpc) is 3.05. The van der Waals surface area contributed by atoms with Crippen LogP contribution in [0.25, 0.3) is 0 Å². The Labute approximate surface area is 257 Å². The minimum atomic E-state index is -4.01. The van der Waals surface area contributed by atoms with Crippen LogP contribution in [0, 0.1) is 5.82 Å². The summed E-state index contributed by atoms with van der Waals surface area (Å²) < 4.78 is 45.7. The van der Waals surface area contributed by atoms with E-state index < -0.39 is 16.1 Å². The molecule has 2 aliphatic rings. The number of piperazine rings is 1. The van der Waals surface area contributed by atoms with Crippen molar-refractivity contribution in [2.75, 3.05) is 41.3 Å². The summed E-state index contributed by atoms with van der Waals surface area (Å²) in [4.78, 5) is 16.8. The second-order valence-electron chi connectivity index (χ2n) is 11.2. The van der Waals surface area contributed by atoms with Crippen LogP contribution < -0.4 is 25.2 Å². The van der Waals surface area contributed by atoms with Gasteiger partial charge < -0.3 is 20.4 Å². The number of rotatable bonds is 8. The second kappa shape index (κ2) is 13.1. The Balaban J connectivity index is 1.25. The molecule has 1 atom stereocenters. The van der Waals surface area contributed by atoms with Crippen molar-refractivity contribution in [2.45, 2.75) is 36.7 Å². The standard InChI is InChI=1S/C34H36FN5O3S/c35-29-14-6-7-16-31(29)39-19-21-40(22-20-39)32-18-17-27(37-34(41)36-24-25-9-2-1-3-10-25)23-33(32)44(42,43)38-30-15-8-12-26-11-4-5-13-28(26)30/h1-7,9-11,13-14,16-18,23,30,38H,8,12,15,19-22,24H2,(H2,36,37,41)/t30-/m1/s1. The zero-order chi connectivity index (χ0) is 30.5. The lowest BCUT2D eigenvalue weighted by Crippen LogP contribution is -2.47. The number of sulfonamides is 1. The zero-order valence-corrected chi connectivity index (χ0v) is 25.2. The van der Waals surface area contributed by atoms with Gasteiger partial charge in [0, 0.05) is 44.5 Å². The van der Waals surface area contributed by atoms with Gasteiger partial charge in [0.05, 0.1) is 11.4 Å². The molecular weight excluding hydrogens is 577 g/mol. The van der Waals surface area contributed by atoms with E-state index in [4.69, 9.17) is 0 Å². The van der Waals surface area contributed by atoms with E-state index in [0.29, 0.717) is 56.2 Å². The van der Waals surface area contributed by atoms with Gasteiger partial charge in [-0.25, -0.2) is 22.3 Å². The molecule has 4 aromatic carbocycles. The Kier molecular flexibility index (Phi) is 8.81. The molecule has 3 N–H and O–H groups in total. The van der Waals surface area contributed by atoms with Crippen LogP contribution in [0.4, 0.5) is 26.2 Å². The quantitative estimate of drug-likeness (QED) is 0.233. The Morgan fingerprint density at radius 1 is 0.818 bits per heavy atom. The van der Waals surface area contributed by atoms with E-state index in [1.165, 1.54) is 12.1 Å². The van der Waals surface area contributed by atoms with Crippen molar-refractivity contribution in [2.24, 2.45) is 0 Å². The number of nitrogens with zero attached hydrogens (tertiary/aromatic N) is 2. The predicted molar refractivity (Wildman–Crippen MR) is 172 cm³/mol. The maximum Gasteiger partial charge on any atom is 0.319 e. The number of urea groups is 1. The van der Waals surface area contributed by atoms with Crippen LogP contribution in [-0.4, -0.2) is 40.6 Å². The molecule has 2 amide bonds. The first-order valence-corrected chi connectivity index (χ1v) is 16.4. The molecule has 1 fully saturated rings. The third kappa shape index (κ3) is 6.71. The highest BCUT2D eigenvalue weighted by molar-refractivity contribution is 7.89. The Bertz CT molecular complexity index is 1730. The highest BCUT2D eigenvalue weighted by Crippen LogP contribution is 2.34. The molecule has 1 heterocycles. The SMILES string of the molecule is O=C(NCc1ccccc1)Nc1ccc(N2CCN(c3ccccc3F)CC2)c(S(=O)(=O)N[C@@H]2CCCc3ccccc32)c1. The number of fused-ring (bicyclic) bond motifs is 1. The Morgan fingerprint density at radius 3 is 2.27 bits per heavy atom. The lowest BCUT2D eigenvalue weighted by atomic mass is 9.88. The number of hydrogen-bond donors (Lipinski definition) is 3. The van der Waals surface area contributed by atoms with Crippen LogP contribution in [0.5, 0.6) is 0 Å². The molecule has 0 radical (unpaired) electrons. The van der Waals surface area contributed by atoms with Crippen molar-refractivity contribution in [3.8, 4) is 0 Å². The topological polar surface area (TPSA) is 93.8 Å². The molecule has 6 rings (SSSR count). The van der Waals surface area contributed by atoms with Gasteiger partial charge in [-0.1, -0.05) is 66.7 Å². The van der Waals surface area contributed by atoms with Crippen LogP contribution in [0.1, 0.15) is 35.6 Å². The third-order valence-electron chi connectivity index (χ3n) is 8.28. The molecule has 4 aromatic rings. The summed E-state index contributed by atoms with van der Waals surface area (Å²) in [6.07, 6.45) is 2.51. The highest BCUT2D eigenvalue weighted by Gasteiger charge is 2.30. The van der Waals surface area contributed by atoms with Gasteiger partial charge in [0.15, 0.2) is 0 Å². The Morgan fingerprint density at radius 2 is 1.50 bits per heavy atom. The van der Waals surface area contributed by atoms with Crippen molar-refractivity contribution < 1.29 is 17.6 Å². The number of nitrogens with one attached hydrogen (secondary N) is 3. The van der Waals surface area contributed by atoms with Crippen molar-refractivity contribution in [3.05, 3.63) is 120 Å². The molecular formula is C34H36FN5O3S. The Hall–Kier alpha value is -4.41. The van der Waals surface area contributed by atoms with E-state index in [2.05, 4.69) is 21.4 Å². The van der Waals surface area contributed by atoms with E-state index in [1.54, 1.807) is 24.3 Å². The van der Waals surface area contributed by atoms with Crippen LogP contribution in [0.15, 0.2) is 102 Å². The fourth-order valence-corrected chi connectivity index (χ4v) is 7.55. The predicted octanol–water partition coefficient (Wildman–Crippen LogP) is 5.83. The van der Waals surface area contributed by atoms with E-state index in [9.17, 15) is 17.6 Å². The maximum atomic E-state index is 14.5. The number of anilines is 3.